The Hall–Kier alpha value is -3.22. The minimum absolute atomic E-state index is 0.295. The van der Waals surface area contributed by atoms with Gasteiger partial charge in [0.1, 0.15) is 5.82 Å². The highest BCUT2D eigenvalue weighted by molar-refractivity contribution is 5.62. The van der Waals surface area contributed by atoms with Crippen LogP contribution in [0.1, 0.15) is 5.69 Å². The molecule has 0 aliphatic heterocycles. The fourth-order valence-corrected chi connectivity index (χ4v) is 2.38. The van der Waals surface area contributed by atoms with Gasteiger partial charge in [0.05, 0.1) is 0 Å². The molecule has 0 atom stereocenters. The van der Waals surface area contributed by atoms with E-state index in [4.69, 9.17) is 0 Å². The van der Waals surface area contributed by atoms with Crippen molar-refractivity contribution in [1.82, 2.24) is 9.97 Å². The average molecular weight is 355 g/mol. The standard InChI is InChI=1S/C19H19F2N5/c1-12-10-18(23-13-4-7-15(8-5-13)26(2)3)25-19(22-12)24-14-6-9-16(20)17(21)11-14/h4-11H,1-3H3,(H2,22,23,24,25). The van der Waals surface area contributed by atoms with Crippen molar-refractivity contribution in [3.8, 4) is 0 Å². The van der Waals surface area contributed by atoms with Crippen molar-refractivity contribution in [3.63, 3.8) is 0 Å². The predicted molar refractivity (Wildman–Crippen MR) is 100 cm³/mol. The van der Waals surface area contributed by atoms with Crippen molar-refractivity contribution < 1.29 is 8.78 Å². The molecule has 0 unspecified atom stereocenters. The Kier molecular flexibility index (Phi) is 4.97. The number of rotatable bonds is 5. The minimum Gasteiger partial charge on any atom is -0.378 e. The van der Waals surface area contributed by atoms with Crippen LogP contribution >= 0.6 is 0 Å². The molecule has 7 heteroatoms. The number of halogens is 2. The molecule has 26 heavy (non-hydrogen) atoms. The van der Waals surface area contributed by atoms with Crippen LogP contribution in [0.2, 0.25) is 0 Å². The zero-order chi connectivity index (χ0) is 18.7. The van der Waals surface area contributed by atoms with Crippen molar-refractivity contribution in [2.75, 3.05) is 29.6 Å². The Labute approximate surface area is 150 Å². The summed E-state index contributed by atoms with van der Waals surface area (Å²) in [6, 6.07) is 13.2. The topological polar surface area (TPSA) is 53.1 Å². The first-order chi connectivity index (χ1) is 12.4. The van der Waals surface area contributed by atoms with Gasteiger partial charge in [-0.1, -0.05) is 0 Å². The van der Waals surface area contributed by atoms with E-state index in [0.717, 1.165) is 29.2 Å². The summed E-state index contributed by atoms with van der Waals surface area (Å²) in [6.45, 7) is 1.83. The fourth-order valence-electron chi connectivity index (χ4n) is 2.38. The first kappa shape index (κ1) is 17.6. The maximum absolute atomic E-state index is 13.3. The summed E-state index contributed by atoms with van der Waals surface area (Å²) in [5, 5.41) is 6.10. The van der Waals surface area contributed by atoms with Gasteiger partial charge < -0.3 is 15.5 Å². The van der Waals surface area contributed by atoms with Gasteiger partial charge in [0.15, 0.2) is 11.6 Å². The van der Waals surface area contributed by atoms with E-state index in [9.17, 15) is 8.78 Å². The van der Waals surface area contributed by atoms with Crippen LogP contribution in [0.25, 0.3) is 0 Å². The van der Waals surface area contributed by atoms with Crippen LogP contribution < -0.4 is 15.5 Å². The van der Waals surface area contributed by atoms with Gasteiger partial charge in [-0.15, -0.1) is 0 Å². The third kappa shape index (κ3) is 4.24. The molecule has 1 aromatic heterocycles. The Bertz CT molecular complexity index is 910. The molecule has 0 amide bonds. The van der Waals surface area contributed by atoms with Gasteiger partial charge in [-0.25, -0.2) is 13.8 Å². The zero-order valence-electron chi connectivity index (χ0n) is 14.7. The molecule has 2 N–H and O–H groups in total. The van der Waals surface area contributed by atoms with E-state index >= 15 is 0 Å². The summed E-state index contributed by atoms with van der Waals surface area (Å²) in [7, 11) is 3.96. The molecule has 5 nitrogen and oxygen atoms in total. The lowest BCUT2D eigenvalue weighted by Gasteiger charge is -2.14. The molecule has 0 aliphatic carbocycles. The van der Waals surface area contributed by atoms with Gasteiger partial charge in [-0.05, 0) is 43.3 Å². The van der Waals surface area contributed by atoms with Crippen LogP contribution in [0.4, 0.5) is 37.6 Å². The molecule has 0 saturated heterocycles. The Balaban J connectivity index is 1.79. The second-order valence-electron chi connectivity index (χ2n) is 6.04. The Morgan fingerprint density at radius 2 is 1.50 bits per heavy atom. The number of nitrogens with one attached hydrogen (secondary N) is 2. The highest BCUT2D eigenvalue weighted by Gasteiger charge is 2.07. The van der Waals surface area contributed by atoms with Crippen LogP contribution in [-0.2, 0) is 0 Å². The van der Waals surface area contributed by atoms with E-state index in [0.29, 0.717) is 17.5 Å². The molecule has 2 aromatic carbocycles. The van der Waals surface area contributed by atoms with E-state index in [1.165, 1.54) is 6.07 Å². The van der Waals surface area contributed by atoms with Crippen molar-refractivity contribution >= 4 is 28.8 Å². The zero-order valence-corrected chi connectivity index (χ0v) is 14.7. The number of hydrogen-bond acceptors (Lipinski definition) is 5. The third-order valence-corrected chi connectivity index (χ3v) is 3.69. The summed E-state index contributed by atoms with van der Waals surface area (Å²) < 4.78 is 26.4. The van der Waals surface area contributed by atoms with Crippen LogP contribution in [0.5, 0.6) is 0 Å². The molecule has 0 aliphatic rings. The van der Waals surface area contributed by atoms with Gasteiger partial charge in [0.2, 0.25) is 5.95 Å². The first-order valence-corrected chi connectivity index (χ1v) is 8.03. The van der Waals surface area contributed by atoms with Crippen LogP contribution in [0, 0.1) is 18.6 Å². The van der Waals surface area contributed by atoms with Gasteiger partial charge >= 0.3 is 0 Å². The number of aryl methyl sites for hydroxylation is 1. The van der Waals surface area contributed by atoms with Gasteiger partial charge in [0.25, 0.3) is 0 Å². The lowest BCUT2D eigenvalue weighted by Crippen LogP contribution is -2.08. The molecular weight excluding hydrogens is 336 g/mol. The van der Waals surface area contributed by atoms with E-state index < -0.39 is 11.6 Å². The summed E-state index contributed by atoms with van der Waals surface area (Å²) in [5.74, 6) is -0.935. The van der Waals surface area contributed by atoms with E-state index in [2.05, 4.69) is 20.6 Å². The Morgan fingerprint density at radius 1 is 0.808 bits per heavy atom. The van der Waals surface area contributed by atoms with Crippen molar-refractivity contribution in [2.45, 2.75) is 6.92 Å². The number of hydrogen-bond donors (Lipinski definition) is 2. The van der Waals surface area contributed by atoms with Gasteiger partial charge in [-0.3, -0.25) is 0 Å². The van der Waals surface area contributed by atoms with Crippen molar-refractivity contribution in [1.29, 1.82) is 0 Å². The average Bonchev–Trinajstić information content (AvgIpc) is 2.58. The molecular formula is C19H19F2N5. The number of aromatic nitrogens is 2. The normalized spacial score (nSPS) is 10.5. The summed E-state index contributed by atoms with van der Waals surface area (Å²) in [6.07, 6.45) is 0. The first-order valence-electron chi connectivity index (χ1n) is 8.03. The second-order valence-corrected chi connectivity index (χ2v) is 6.04. The summed E-state index contributed by atoms with van der Waals surface area (Å²) in [4.78, 5) is 10.7. The third-order valence-electron chi connectivity index (χ3n) is 3.69. The lowest BCUT2D eigenvalue weighted by atomic mass is 10.2. The molecule has 0 saturated carbocycles. The monoisotopic (exact) mass is 355 g/mol. The maximum atomic E-state index is 13.3. The molecule has 0 fully saturated rings. The smallest absolute Gasteiger partial charge is 0.229 e. The number of benzene rings is 2. The maximum Gasteiger partial charge on any atom is 0.229 e. The van der Waals surface area contributed by atoms with Gasteiger partial charge in [-0.2, -0.15) is 4.98 Å². The van der Waals surface area contributed by atoms with Gasteiger partial charge in [0, 0.05) is 49.0 Å². The molecule has 134 valence electrons. The summed E-state index contributed by atoms with van der Waals surface area (Å²) in [5.41, 5.74) is 3.08. The van der Waals surface area contributed by atoms with E-state index in [-0.39, 0.29) is 0 Å². The molecule has 0 spiro atoms. The molecule has 3 rings (SSSR count). The number of anilines is 5. The van der Waals surface area contributed by atoms with Crippen LogP contribution in [-0.4, -0.2) is 24.1 Å². The van der Waals surface area contributed by atoms with Crippen LogP contribution in [0.3, 0.4) is 0 Å². The van der Waals surface area contributed by atoms with E-state index in [1.807, 2.05) is 50.2 Å². The quantitative estimate of drug-likeness (QED) is 0.700. The molecule has 0 radical (unpaired) electrons. The minimum atomic E-state index is -0.929. The highest BCUT2D eigenvalue weighted by Crippen LogP contribution is 2.22. The fraction of sp³-hybridized carbons (Fsp3) is 0.158. The molecule has 1 heterocycles. The largest absolute Gasteiger partial charge is 0.378 e. The SMILES string of the molecule is Cc1cc(Nc2ccc(N(C)C)cc2)nc(Nc2ccc(F)c(F)c2)n1. The summed E-state index contributed by atoms with van der Waals surface area (Å²) >= 11 is 0. The number of nitrogens with zero attached hydrogens (tertiary/aromatic N) is 3. The predicted octanol–water partition coefficient (Wildman–Crippen LogP) is 4.62. The highest BCUT2D eigenvalue weighted by atomic mass is 19.2. The lowest BCUT2D eigenvalue weighted by molar-refractivity contribution is 0.509. The Morgan fingerprint density at radius 3 is 2.15 bits per heavy atom. The van der Waals surface area contributed by atoms with Crippen molar-refractivity contribution in [2.24, 2.45) is 0 Å². The van der Waals surface area contributed by atoms with Crippen molar-refractivity contribution in [3.05, 3.63) is 65.9 Å². The molecule has 3 aromatic rings. The van der Waals surface area contributed by atoms with Crippen LogP contribution in [0.15, 0.2) is 48.5 Å². The van der Waals surface area contributed by atoms with E-state index in [1.54, 1.807) is 6.07 Å². The second kappa shape index (κ2) is 7.35. The molecule has 0 bridgehead atoms.